The molecule has 0 unspecified atom stereocenters. The molecule has 0 saturated carbocycles. The van der Waals surface area contributed by atoms with Gasteiger partial charge in [0.1, 0.15) is 23.8 Å². The summed E-state index contributed by atoms with van der Waals surface area (Å²) in [5.74, 6) is 1.49. The van der Waals surface area contributed by atoms with Crippen molar-refractivity contribution in [1.29, 1.82) is 0 Å². The monoisotopic (exact) mass is 308 g/mol. The van der Waals surface area contributed by atoms with Gasteiger partial charge in [0.15, 0.2) is 0 Å². The molecular formula is C16H18F2N2O2. The normalized spacial score (nSPS) is 15.7. The van der Waals surface area contributed by atoms with Crippen molar-refractivity contribution in [2.45, 2.75) is 32.3 Å². The topological polar surface area (TPSA) is 36.3 Å². The van der Waals surface area contributed by atoms with Crippen molar-refractivity contribution in [2.24, 2.45) is 7.05 Å². The van der Waals surface area contributed by atoms with E-state index in [0.717, 1.165) is 11.3 Å². The van der Waals surface area contributed by atoms with E-state index < -0.39 is 6.43 Å². The van der Waals surface area contributed by atoms with Gasteiger partial charge in [0, 0.05) is 29.8 Å². The Morgan fingerprint density at radius 1 is 1.41 bits per heavy atom. The number of benzene rings is 1. The molecule has 2 heterocycles. The van der Waals surface area contributed by atoms with Crippen LogP contribution in [0.5, 0.6) is 11.5 Å². The zero-order valence-electron chi connectivity index (χ0n) is 12.8. The van der Waals surface area contributed by atoms with Crippen molar-refractivity contribution in [3.05, 3.63) is 41.2 Å². The van der Waals surface area contributed by atoms with Gasteiger partial charge < -0.3 is 9.47 Å². The molecule has 0 radical (unpaired) electrons. The van der Waals surface area contributed by atoms with Crippen molar-refractivity contribution in [3.63, 3.8) is 0 Å². The summed E-state index contributed by atoms with van der Waals surface area (Å²) in [4.78, 5) is 0. The van der Waals surface area contributed by atoms with Crippen LogP contribution in [0.1, 0.15) is 37.1 Å². The van der Waals surface area contributed by atoms with Crippen molar-refractivity contribution < 1.29 is 18.3 Å². The highest BCUT2D eigenvalue weighted by Gasteiger charge is 2.32. The van der Waals surface area contributed by atoms with Gasteiger partial charge in [0.05, 0.1) is 6.61 Å². The van der Waals surface area contributed by atoms with Crippen LogP contribution in [0.15, 0.2) is 24.4 Å². The summed E-state index contributed by atoms with van der Waals surface area (Å²) in [7, 11) is 1.62. The molecule has 1 aromatic heterocycles. The third-order valence-corrected chi connectivity index (χ3v) is 3.81. The second-order valence-electron chi connectivity index (χ2n) is 6.13. The standard InChI is InChI=1S/C16H18F2N2O2/c1-16(2)9-22-13-5-4-11(6-12(13)16)21-8-10-7-20(3)19-14(10)15(17)18/h4-7,15H,8-9H2,1-3H3. The Bertz CT molecular complexity index is 695. The van der Waals surface area contributed by atoms with Gasteiger partial charge in [-0.25, -0.2) is 8.78 Å². The van der Waals surface area contributed by atoms with Crippen molar-refractivity contribution in [3.8, 4) is 11.5 Å². The lowest BCUT2D eigenvalue weighted by molar-refractivity contribution is 0.142. The van der Waals surface area contributed by atoms with E-state index in [9.17, 15) is 8.78 Å². The molecule has 0 N–H and O–H groups in total. The number of aryl methyl sites for hydroxylation is 1. The van der Waals surface area contributed by atoms with Crippen molar-refractivity contribution in [1.82, 2.24) is 9.78 Å². The van der Waals surface area contributed by atoms with Crippen molar-refractivity contribution in [2.75, 3.05) is 6.61 Å². The molecule has 0 aliphatic carbocycles. The molecule has 118 valence electrons. The van der Waals surface area contributed by atoms with E-state index in [4.69, 9.17) is 9.47 Å². The molecule has 1 aromatic carbocycles. The predicted octanol–water partition coefficient (Wildman–Crippen LogP) is 3.61. The summed E-state index contributed by atoms with van der Waals surface area (Å²) >= 11 is 0. The third kappa shape index (κ3) is 2.65. The van der Waals surface area contributed by atoms with Crippen LogP contribution in [-0.2, 0) is 19.1 Å². The predicted molar refractivity (Wildman–Crippen MR) is 77.5 cm³/mol. The van der Waals surface area contributed by atoms with Crippen LogP contribution in [0.3, 0.4) is 0 Å². The molecule has 0 atom stereocenters. The molecule has 0 spiro atoms. The van der Waals surface area contributed by atoms with Crippen LogP contribution in [0.4, 0.5) is 8.78 Å². The Hall–Kier alpha value is -2.11. The maximum absolute atomic E-state index is 12.9. The van der Waals surface area contributed by atoms with Crippen LogP contribution in [0.2, 0.25) is 0 Å². The quantitative estimate of drug-likeness (QED) is 0.866. The van der Waals surface area contributed by atoms with E-state index in [1.165, 1.54) is 4.68 Å². The van der Waals surface area contributed by atoms with Crippen LogP contribution in [-0.4, -0.2) is 16.4 Å². The van der Waals surface area contributed by atoms with Gasteiger partial charge >= 0.3 is 0 Å². The minimum Gasteiger partial charge on any atom is -0.492 e. The number of nitrogens with zero attached hydrogens (tertiary/aromatic N) is 2. The zero-order chi connectivity index (χ0) is 15.9. The highest BCUT2D eigenvalue weighted by Crippen LogP contribution is 2.40. The molecule has 0 saturated heterocycles. The van der Waals surface area contributed by atoms with Crippen molar-refractivity contribution >= 4 is 0 Å². The summed E-state index contributed by atoms with van der Waals surface area (Å²) in [5.41, 5.74) is 1.17. The molecular weight excluding hydrogens is 290 g/mol. The number of halogens is 2. The molecule has 0 amide bonds. The molecule has 22 heavy (non-hydrogen) atoms. The Morgan fingerprint density at radius 3 is 2.91 bits per heavy atom. The molecule has 0 fully saturated rings. The first-order chi connectivity index (χ1) is 10.4. The summed E-state index contributed by atoms with van der Waals surface area (Å²) < 4.78 is 38.5. The average molecular weight is 308 g/mol. The van der Waals surface area contributed by atoms with Gasteiger partial charge in [-0.3, -0.25) is 4.68 Å². The number of hydrogen-bond donors (Lipinski definition) is 0. The highest BCUT2D eigenvalue weighted by atomic mass is 19.3. The molecule has 3 rings (SSSR count). The first-order valence-corrected chi connectivity index (χ1v) is 7.07. The smallest absolute Gasteiger partial charge is 0.282 e. The van der Waals surface area contributed by atoms with E-state index in [2.05, 4.69) is 18.9 Å². The number of rotatable bonds is 4. The molecule has 6 heteroatoms. The Balaban J connectivity index is 1.78. The van der Waals surface area contributed by atoms with E-state index in [0.29, 0.717) is 17.9 Å². The van der Waals surface area contributed by atoms with Crippen LogP contribution in [0.25, 0.3) is 0 Å². The average Bonchev–Trinajstić information content (AvgIpc) is 2.97. The Morgan fingerprint density at radius 2 is 2.18 bits per heavy atom. The first kappa shape index (κ1) is 14.8. The number of hydrogen-bond acceptors (Lipinski definition) is 3. The van der Waals surface area contributed by atoms with Crippen LogP contribution >= 0.6 is 0 Å². The molecule has 2 aromatic rings. The summed E-state index contributed by atoms with van der Waals surface area (Å²) in [5, 5.41) is 3.77. The SMILES string of the molecule is Cn1cc(COc2ccc3c(c2)C(C)(C)CO3)c(C(F)F)n1. The number of alkyl halides is 2. The Kier molecular flexibility index (Phi) is 3.54. The lowest BCUT2D eigenvalue weighted by Crippen LogP contribution is -2.18. The largest absolute Gasteiger partial charge is 0.492 e. The fraction of sp³-hybridized carbons (Fsp3) is 0.438. The van der Waals surface area contributed by atoms with Gasteiger partial charge in [-0.15, -0.1) is 0 Å². The second kappa shape index (κ2) is 5.26. The molecule has 4 nitrogen and oxygen atoms in total. The second-order valence-corrected chi connectivity index (χ2v) is 6.13. The van der Waals surface area contributed by atoms with E-state index in [-0.39, 0.29) is 17.7 Å². The van der Waals surface area contributed by atoms with E-state index >= 15 is 0 Å². The fourth-order valence-electron chi connectivity index (χ4n) is 2.60. The molecule has 1 aliphatic rings. The van der Waals surface area contributed by atoms with Gasteiger partial charge in [0.25, 0.3) is 6.43 Å². The lowest BCUT2D eigenvalue weighted by atomic mass is 9.87. The highest BCUT2D eigenvalue weighted by molar-refractivity contribution is 5.47. The zero-order valence-corrected chi connectivity index (χ0v) is 12.8. The van der Waals surface area contributed by atoms with Crippen LogP contribution in [0, 0.1) is 0 Å². The number of ether oxygens (including phenoxy) is 2. The molecule has 1 aliphatic heterocycles. The van der Waals surface area contributed by atoms with Gasteiger partial charge in [-0.1, -0.05) is 13.8 Å². The minimum absolute atomic E-state index is 0.0631. The number of fused-ring (bicyclic) bond motifs is 1. The third-order valence-electron chi connectivity index (χ3n) is 3.81. The summed E-state index contributed by atoms with van der Waals surface area (Å²) in [6.07, 6.45) is -1.05. The van der Waals surface area contributed by atoms with Crippen LogP contribution < -0.4 is 9.47 Å². The maximum atomic E-state index is 12.9. The number of aromatic nitrogens is 2. The summed E-state index contributed by atoms with van der Waals surface area (Å²) in [6.45, 7) is 4.88. The minimum atomic E-state index is -2.60. The maximum Gasteiger partial charge on any atom is 0.282 e. The summed E-state index contributed by atoms with van der Waals surface area (Å²) in [6, 6.07) is 5.57. The van der Waals surface area contributed by atoms with Gasteiger partial charge in [-0.05, 0) is 18.2 Å². The fourth-order valence-corrected chi connectivity index (χ4v) is 2.60. The lowest BCUT2D eigenvalue weighted by Gasteiger charge is -2.16. The van der Waals surface area contributed by atoms with Gasteiger partial charge in [-0.2, -0.15) is 5.10 Å². The Labute approximate surface area is 127 Å². The van der Waals surface area contributed by atoms with E-state index in [1.807, 2.05) is 12.1 Å². The van der Waals surface area contributed by atoms with Gasteiger partial charge in [0.2, 0.25) is 0 Å². The van der Waals surface area contributed by atoms with E-state index in [1.54, 1.807) is 19.3 Å². The molecule has 0 bridgehead atoms. The first-order valence-electron chi connectivity index (χ1n) is 7.07.